The number of benzene rings is 2. The number of aromatic nitrogens is 2. The molecule has 1 aliphatic rings. The van der Waals surface area contributed by atoms with E-state index in [0.717, 1.165) is 25.3 Å². The summed E-state index contributed by atoms with van der Waals surface area (Å²) in [6.45, 7) is 3.91. The van der Waals surface area contributed by atoms with Crippen LogP contribution < -0.4 is 0 Å². The molecule has 2 aromatic carbocycles. The van der Waals surface area contributed by atoms with Gasteiger partial charge in [-0.1, -0.05) is 42.1 Å². The van der Waals surface area contributed by atoms with Crippen LogP contribution in [0.5, 0.6) is 0 Å². The molecule has 0 aliphatic carbocycles. The van der Waals surface area contributed by atoms with E-state index in [2.05, 4.69) is 34.1 Å². The van der Waals surface area contributed by atoms with Crippen LogP contribution in [0.2, 0.25) is 0 Å². The highest BCUT2D eigenvalue weighted by atomic mass is 32.2. The van der Waals surface area contributed by atoms with Gasteiger partial charge in [0.05, 0.1) is 6.20 Å². The SMILES string of the molecule is CSc1ncc(C(=O)N2CCN(Cc3ccccc3)CC2)n1-c1ccc(F)cc1. The summed E-state index contributed by atoms with van der Waals surface area (Å²) in [7, 11) is 0. The van der Waals surface area contributed by atoms with Crippen LogP contribution in [0.4, 0.5) is 4.39 Å². The molecular formula is C22H23FN4OS. The molecule has 1 amide bonds. The summed E-state index contributed by atoms with van der Waals surface area (Å²) in [6.07, 6.45) is 3.53. The van der Waals surface area contributed by atoms with Gasteiger partial charge in [-0.05, 0) is 36.1 Å². The summed E-state index contributed by atoms with van der Waals surface area (Å²) < 4.78 is 15.2. The maximum Gasteiger partial charge on any atom is 0.272 e. The van der Waals surface area contributed by atoms with Gasteiger partial charge in [0.15, 0.2) is 5.16 Å². The molecule has 0 radical (unpaired) electrons. The van der Waals surface area contributed by atoms with Crippen molar-refractivity contribution in [3.63, 3.8) is 0 Å². The van der Waals surface area contributed by atoms with Crippen LogP contribution in [-0.4, -0.2) is 57.7 Å². The molecule has 3 aromatic rings. The van der Waals surface area contributed by atoms with Crippen molar-refractivity contribution in [2.75, 3.05) is 32.4 Å². The average molecular weight is 411 g/mol. The number of nitrogens with zero attached hydrogens (tertiary/aromatic N) is 4. The van der Waals surface area contributed by atoms with Crippen molar-refractivity contribution in [1.29, 1.82) is 0 Å². The molecule has 1 aromatic heterocycles. The van der Waals surface area contributed by atoms with E-state index >= 15 is 0 Å². The molecule has 7 heteroatoms. The first kappa shape index (κ1) is 19.7. The molecule has 0 atom stereocenters. The number of hydrogen-bond acceptors (Lipinski definition) is 4. The van der Waals surface area contributed by atoms with Crippen molar-refractivity contribution < 1.29 is 9.18 Å². The third-order valence-electron chi connectivity index (χ3n) is 5.12. The van der Waals surface area contributed by atoms with E-state index in [1.54, 1.807) is 18.3 Å². The number of hydrogen-bond donors (Lipinski definition) is 0. The topological polar surface area (TPSA) is 41.4 Å². The third kappa shape index (κ3) is 4.36. The average Bonchev–Trinajstić information content (AvgIpc) is 3.19. The quantitative estimate of drug-likeness (QED) is 0.602. The van der Waals surface area contributed by atoms with Crippen LogP contribution in [0, 0.1) is 5.82 Å². The van der Waals surface area contributed by atoms with Gasteiger partial charge in [-0.15, -0.1) is 0 Å². The summed E-state index contributed by atoms with van der Waals surface area (Å²) in [6, 6.07) is 16.5. The Hall–Kier alpha value is -2.64. The molecule has 0 unspecified atom stereocenters. The molecule has 2 heterocycles. The Bertz CT molecular complexity index is 966. The Balaban J connectivity index is 1.48. The fourth-order valence-corrected chi connectivity index (χ4v) is 4.13. The summed E-state index contributed by atoms with van der Waals surface area (Å²) in [5.74, 6) is -0.344. The zero-order valence-corrected chi connectivity index (χ0v) is 17.1. The smallest absolute Gasteiger partial charge is 0.272 e. The van der Waals surface area contributed by atoms with Crippen LogP contribution in [0.25, 0.3) is 5.69 Å². The van der Waals surface area contributed by atoms with Gasteiger partial charge in [-0.2, -0.15) is 0 Å². The van der Waals surface area contributed by atoms with Crippen LogP contribution in [0.1, 0.15) is 16.1 Å². The minimum Gasteiger partial charge on any atom is -0.335 e. The van der Waals surface area contributed by atoms with Gasteiger partial charge in [0.1, 0.15) is 11.5 Å². The Kier molecular flexibility index (Phi) is 5.97. The monoisotopic (exact) mass is 410 g/mol. The number of thioether (sulfide) groups is 1. The first-order valence-electron chi connectivity index (χ1n) is 9.59. The maximum absolute atomic E-state index is 13.3. The fourth-order valence-electron chi connectivity index (χ4n) is 3.58. The van der Waals surface area contributed by atoms with Crippen molar-refractivity contribution in [1.82, 2.24) is 19.4 Å². The summed E-state index contributed by atoms with van der Waals surface area (Å²) in [5.41, 5.74) is 2.53. The third-order valence-corrected chi connectivity index (χ3v) is 5.78. The zero-order valence-electron chi connectivity index (χ0n) is 16.3. The zero-order chi connectivity index (χ0) is 20.2. The Morgan fingerprint density at radius 1 is 1.03 bits per heavy atom. The standard InChI is InChI=1S/C22H23FN4OS/c1-29-22-24-15-20(27(22)19-9-7-18(23)8-10-19)21(28)26-13-11-25(12-14-26)16-17-5-3-2-4-6-17/h2-10,15H,11-14,16H2,1H3. The van der Waals surface area contributed by atoms with E-state index in [-0.39, 0.29) is 11.7 Å². The molecule has 4 rings (SSSR count). The Labute approximate surface area is 174 Å². The second-order valence-electron chi connectivity index (χ2n) is 7.00. The molecule has 1 saturated heterocycles. The first-order valence-corrected chi connectivity index (χ1v) is 10.8. The van der Waals surface area contributed by atoms with Crippen molar-refractivity contribution >= 4 is 17.7 Å². The number of piperazine rings is 1. The molecule has 0 bridgehead atoms. The van der Waals surface area contributed by atoms with Gasteiger partial charge in [0, 0.05) is 38.4 Å². The Morgan fingerprint density at radius 2 is 1.72 bits per heavy atom. The van der Waals surface area contributed by atoms with Gasteiger partial charge in [0.2, 0.25) is 0 Å². The lowest BCUT2D eigenvalue weighted by Crippen LogP contribution is -2.48. The molecule has 150 valence electrons. The fraction of sp³-hybridized carbons (Fsp3) is 0.273. The van der Waals surface area contributed by atoms with Crippen LogP contribution in [-0.2, 0) is 6.54 Å². The van der Waals surface area contributed by atoms with Gasteiger partial charge in [-0.3, -0.25) is 14.3 Å². The second kappa shape index (κ2) is 8.80. The Morgan fingerprint density at radius 3 is 2.38 bits per heavy atom. The normalized spacial score (nSPS) is 14.9. The lowest BCUT2D eigenvalue weighted by molar-refractivity contribution is 0.0620. The lowest BCUT2D eigenvalue weighted by Gasteiger charge is -2.34. The minimum absolute atomic E-state index is 0.0403. The van der Waals surface area contributed by atoms with Gasteiger partial charge in [-0.25, -0.2) is 9.37 Å². The molecule has 0 N–H and O–H groups in total. The number of rotatable bonds is 5. The maximum atomic E-state index is 13.3. The highest BCUT2D eigenvalue weighted by Crippen LogP contribution is 2.23. The number of amides is 1. The van der Waals surface area contributed by atoms with Gasteiger partial charge >= 0.3 is 0 Å². The minimum atomic E-state index is -0.304. The molecule has 0 spiro atoms. The van der Waals surface area contributed by atoms with Crippen molar-refractivity contribution in [2.45, 2.75) is 11.7 Å². The lowest BCUT2D eigenvalue weighted by atomic mass is 10.2. The van der Waals surface area contributed by atoms with E-state index in [1.165, 1.54) is 29.5 Å². The highest BCUT2D eigenvalue weighted by Gasteiger charge is 2.26. The first-order chi connectivity index (χ1) is 14.2. The molecule has 0 saturated carbocycles. The predicted molar refractivity (Wildman–Crippen MR) is 113 cm³/mol. The number of carbonyl (C=O) groups excluding carboxylic acids is 1. The molecular weight excluding hydrogens is 387 g/mol. The van der Waals surface area contributed by atoms with E-state index in [0.29, 0.717) is 23.9 Å². The van der Waals surface area contributed by atoms with E-state index < -0.39 is 0 Å². The van der Waals surface area contributed by atoms with E-state index in [1.807, 2.05) is 21.8 Å². The second-order valence-corrected chi connectivity index (χ2v) is 7.77. The molecule has 1 fully saturated rings. The van der Waals surface area contributed by atoms with Crippen LogP contribution >= 0.6 is 11.8 Å². The number of imidazole rings is 1. The molecule has 1 aliphatic heterocycles. The summed E-state index contributed by atoms with van der Waals surface area (Å²) in [4.78, 5) is 21.9. The number of halogens is 1. The molecule has 29 heavy (non-hydrogen) atoms. The van der Waals surface area contributed by atoms with Crippen molar-refractivity contribution in [3.8, 4) is 5.69 Å². The van der Waals surface area contributed by atoms with Crippen LogP contribution in [0.3, 0.4) is 0 Å². The summed E-state index contributed by atoms with van der Waals surface area (Å²) >= 11 is 1.46. The highest BCUT2D eigenvalue weighted by molar-refractivity contribution is 7.98. The number of carbonyl (C=O) groups is 1. The summed E-state index contributed by atoms with van der Waals surface area (Å²) in [5, 5.41) is 0.711. The van der Waals surface area contributed by atoms with Gasteiger partial charge < -0.3 is 4.90 Å². The predicted octanol–water partition coefficient (Wildman–Crippen LogP) is 3.69. The van der Waals surface area contributed by atoms with Crippen molar-refractivity contribution in [2.24, 2.45) is 0 Å². The van der Waals surface area contributed by atoms with Crippen LogP contribution in [0.15, 0.2) is 66.0 Å². The van der Waals surface area contributed by atoms with Crippen molar-refractivity contribution in [3.05, 3.63) is 77.9 Å². The molecule has 5 nitrogen and oxygen atoms in total. The van der Waals surface area contributed by atoms with E-state index in [4.69, 9.17) is 0 Å². The largest absolute Gasteiger partial charge is 0.335 e. The van der Waals surface area contributed by atoms with E-state index in [9.17, 15) is 9.18 Å². The van der Waals surface area contributed by atoms with Gasteiger partial charge in [0.25, 0.3) is 5.91 Å².